The van der Waals surface area contributed by atoms with E-state index in [0.717, 1.165) is 33.3 Å². The predicted molar refractivity (Wildman–Crippen MR) is 118 cm³/mol. The molecule has 3 aromatic rings. The lowest BCUT2D eigenvalue weighted by Gasteiger charge is -2.26. The standard InChI is InChI=1S/C23H23NO3S2/c1-23(2,16-9-10-19-20(12-16)27-15-26-19)14-24-22(25)18-7-3-4-8-21(18)29-13-17-6-5-11-28-17/h3-12H,13-15H2,1-2H3,(H,24,25). The van der Waals surface area contributed by atoms with E-state index in [4.69, 9.17) is 9.47 Å². The van der Waals surface area contributed by atoms with Gasteiger partial charge in [-0.15, -0.1) is 23.1 Å². The minimum atomic E-state index is -0.240. The number of hydrogen-bond acceptors (Lipinski definition) is 5. The van der Waals surface area contributed by atoms with Crippen molar-refractivity contribution in [1.82, 2.24) is 5.32 Å². The van der Waals surface area contributed by atoms with Gasteiger partial charge in [-0.3, -0.25) is 4.79 Å². The van der Waals surface area contributed by atoms with Crippen LogP contribution in [0.25, 0.3) is 0 Å². The molecular weight excluding hydrogens is 402 g/mol. The van der Waals surface area contributed by atoms with Crippen LogP contribution in [0.2, 0.25) is 0 Å². The Morgan fingerprint density at radius 2 is 1.93 bits per heavy atom. The molecule has 6 heteroatoms. The molecule has 0 saturated heterocycles. The Balaban J connectivity index is 1.42. The zero-order valence-corrected chi connectivity index (χ0v) is 18.1. The number of amides is 1. The quantitative estimate of drug-likeness (QED) is 0.510. The lowest BCUT2D eigenvalue weighted by atomic mass is 9.84. The van der Waals surface area contributed by atoms with E-state index in [1.54, 1.807) is 23.1 Å². The van der Waals surface area contributed by atoms with Crippen LogP contribution in [0.1, 0.15) is 34.6 Å². The van der Waals surface area contributed by atoms with Crippen LogP contribution in [0.4, 0.5) is 0 Å². The average molecular weight is 426 g/mol. The van der Waals surface area contributed by atoms with Crippen LogP contribution < -0.4 is 14.8 Å². The first-order chi connectivity index (χ1) is 14.0. The predicted octanol–water partition coefficient (Wildman–Crippen LogP) is 5.48. The molecule has 2 aromatic carbocycles. The maximum Gasteiger partial charge on any atom is 0.252 e. The molecule has 0 radical (unpaired) electrons. The van der Waals surface area contributed by atoms with Crippen molar-refractivity contribution in [1.29, 1.82) is 0 Å². The van der Waals surface area contributed by atoms with E-state index in [0.29, 0.717) is 6.54 Å². The molecule has 0 bridgehead atoms. The van der Waals surface area contributed by atoms with Gasteiger partial charge in [-0.1, -0.05) is 38.1 Å². The molecule has 0 saturated carbocycles. The lowest BCUT2D eigenvalue weighted by molar-refractivity contribution is 0.0942. The largest absolute Gasteiger partial charge is 0.454 e. The summed E-state index contributed by atoms with van der Waals surface area (Å²) in [7, 11) is 0. The molecule has 4 nitrogen and oxygen atoms in total. The second-order valence-corrected chi connectivity index (χ2v) is 9.55. The second kappa shape index (κ2) is 8.51. The molecule has 0 unspecified atom stereocenters. The van der Waals surface area contributed by atoms with Crippen molar-refractivity contribution in [3.05, 3.63) is 76.0 Å². The van der Waals surface area contributed by atoms with E-state index in [1.165, 1.54) is 4.88 Å². The Labute approximate surface area is 179 Å². The van der Waals surface area contributed by atoms with Gasteiger partial charge in [0.25, 0.3) is 5.91 Å². The van der Waals surface area contributed by atoms with Crippen LogP contribution >= 0.6 is 23.1 Å². The minimum Gasteiger partial charge on any atom is -0.454 e. The summed E-state index contributed by atoms with van der Waals surface area (Å²) in [5.74, 6) is 2.35. The molecular formula is C23H23NO3S2. The molecule has 150 valence electrons. The molecule has 0 atom stereocenters. The number of fused-ring (bicyclic) bond motifs is 1. The molecule has 0 fully saturated rings. The highest BCUT2D eigenvalue weighted by atomic mass is 32.2. The van der Waals surface area contributed by atoms with E-state index in [2.05, 4.69) is 36.7 Å². The molecule has 1 amide bonds. The minimum absolute atomic E-state index is 0.0481. The number of thioether (sulfide) groups is 1. The first-order valence-corrected chi connectivity index (χ1v) is 11.3. The molecule has 1 N–H and O–H groups in total. The number of thiophene rings is 1. The molecule has 0 aliphatic carbocycles. The van der Waals surface area contributed by atoms with Crippen molar-refractivity contribution in [2.24, 2.45) is 0 Å². The second-order valence-electron chi connectivity index (χ2n) is 7.50. The molecule has 29 heavy (non-hydrogen) atoms. The monoisotopic (exact) mass is 425 g/mol. The van der Waals surface area contributed by atoms with Gasteiger partial charge in [0, 0.05) is 27.5 Å². The van der Waals surface area contributed by atoms with Gasteiger partial charge in [0.15, 0.2) is 11.5 Å². The van der Waals surface area contributed by atoms with Gasteiger partial charge in [-0.2, -0.15) is 0 Å². The first kappa shape index (κ1) is 19.9. The normalized spacial score (nSPS) is 12.8. The van der Waals surface area contributed by atoms with Gasteiger partial charge in [0.1, 0.15) is 0 Å². The highest BCUT2D eigenvalue weighted by Gasteiger charge is 2.25. The number of ether oxygens (including phenoxy) is 2. The number of rotatable bonds is 7. The van der Waals surface area contributed by atoms with Crippen LogP contribution in [0, 0.1) is 0 Å². The molecule has 1 aromatic heterocycles. The van der Waals surface area contributed by atoms with Gasteiger partial charge in [-0.05, 0) is 41.3 Å². The van der Waals surface area contributed by atoms with Crippen LogP contribution in [-0.2, 0) is 11.2 Å². The highest BCUT2D eigenvalue weighted by Crippen LogP contribution is 2.36. The summed E-state index contributed by atoms with van der Waals surface area (Å²) in [5, 5.41) is 5.19. The summed E-state index contributed by atoms with van der Waals surface area (Å²) < 4.78 is 10.9. The van der Waals surface area contributed by atoms with Gasteiger partial charge >= 0.3 is 0 Å². The zero-order valence-electron chi connectivity index (χ0n) is 16.4. The topological polar surface area (TPSA) is 47.6 Å². The summed E-state index contributed by atoms with van der Waals surface area (Å²) in [6.45, 7) is 5.01. The molecule has 1 aliphatic heterocycles. The van der Waals surface area contributed by atoms with Gasteiger partial charge in [0.2, 0.25) is 6.79 Å². The van der Waals surface area contributed by atoms with Crippen molar-refractivity contribution in [2.75, 3.05) is 13.3 Å². The van der Waals surface area contributed by atoms with Crippen LogP contribution in [0.5, 0.6) is 11.5 Å². The Kier molecular flexibility index (Phi) is 5.83. The summed E-state index contributed by atoms with van der Waals surface area (Å²) in [5.41, 5.74) is 1.58. The van der Waals surface area contributed by atoms with Gasteiger partial charge in [0.05, 0.1) is 5.56 Å². The fourth-order valence-electron chi connectivity index (χ4n) is 3.14. The van der Waals surface area contributed by atoms with Crippen molar-refractivity contribution in [2.45, 2.75) is 29.9 Å². The average Bonchev–Trinajstić information content (AvgIpc) is 3.42. The van der Waals surface area contributed by atoms with E-state index in [-0.39, 0.29) is 18.1 Å². The lowest BCUT2D eigenvalue weighted by Crippen LogP contribution is -2.36. The first-order valence-electron chi connectivity index (χ1n) is 9.45. The summed E-state index contributed by atoms with van der Waals surface area (Å²) in [6.07, 6.45) is 0. The number of carbonyl (C=O) groups excluding carboxylic acids is 1. The maximum absolute atomic E-state index is 12.9. The van der Waals surface area contributed by atoms with E-state index < -0.39 is 0 Å². The number of hydrogen-bond donors (Lipinski definition) is 1. The van der Waals surface area contributed by atoms with Crippen LogP contribution in [-0.4, -0.2) is 19.2 Å². The van der Waals surface area contributed by atoms with Crippen molar-refractivity contribution < 1.29 is 14.3 Å². The van der Waals surface area contributed by atoms with Crippen LogP contribution in [0.15, 0.2) is 64.9 Å². The highest BCUT2D eigenvalue weighted by molar-refractivity contribution is 7.98. The van der Waals surface area contributed by atoms with E-state index in [1.807, 2.05) is 42.5 Å². The van der Waals surface area contributed by atoms with Gasteiger partial charge < -0.3 is 14.8 Å². The molecule has 0 spiro atoms. The van der Waals surface area contributed by atoms with Gasteiger partial charge in [-0.25, -0.2) is 0 Å². The van der Waals surface area contributed by atoms with E-state index in [9.17, 15) is 4.79 Å². The SMILES string of the molecule is CC(C)(CNC(=O)c1ccccc1SCc1cccs1)c1ccc2c(c1)OCO2. The Morgan fingerprint density at radius 1 is 1.10 bits per heavy atom. The third kappa shape index (κ3) is 4.60. The van der Waals surface area contributed by atoms with Crippen molar-refractivity contribution in [3.63, 3.8) is 0 Å². The Bertz CT molecular complexity index is 999. The smallest absolute Gasteiger partial charge is 0.252 e. The fraction of sp³-hybridized carbons (Fsp3) is 0.261. The van der Waals surface area contributed by atoms with Crippen molar-refractivity contribution >= 4 is 29.0 Å². The van der Waals surface area contributed by atoms with Crippen LogP contribution in [0.3, 0.4) is 0 Å². The third-order valence-electron chi connectivity index (χ3n) is 4.93. The summed E-state index contributed by atoms with van der Waals surface area (Å²) >= 11 is 3.43. The molecule has 4 rings (SSSR count). The number of benzene rings is 2. The Hall–Kier alpha value is -2.44. The third-order valence-corrected chi connectivity index (χ3v) is 7.11. The van der Waals surface area contributed by atoms with Crippen molar-refractivity contribution in [3.8, 4) is 11.5 Å². The maximum atomic E-state index is 12.9. The van der Waals surface area contributed by atoms with E-state index >= 15 is 0 Å². The summed E-state index contributed by atoms with van der Waals surface area (Å²) in [4.78, 5) is 15.2. The number of nitrogens with one attached hydrogen (secondary N) is 1. The Morgan fingerprint density at radius 3 is 2.76 bits per heavy atom. The summed E-state index contributed by atoms with van der Waals surface area (Å²) in [6, 6.07) is 17.9. The molecule has 2 heterocycles. The number of carbonyl (C=O) groups is 1. The zero-order chi connectivity index (χ0) is 20.3. The fourth-order valence-corrected chi connectivity index (χ4v) is 4.96. The molecule has 1 aliphatic rings.